The number of rotatable bonds is 2. The Bertz CT molecular complexity index is 890. The Morgan fingerprint density at radius 2 is 1.56 bits per heavy atom. The maximum atomic E-state index is 13.1. The molecule has 2 aromatic rings. The van der Waals surface area contributed by atoms with Crippen LogP contribution in [0.15, 0.2) is 52.8 Å². The highest BCUT2D eigenvalue weighted by Gasteiger charge is 2.55. The second-order valence-corrected chi connectivity index (χ2v) is 6.27. The van der Waals surface area contributed by atoms with Gasteiger partial charge in [0.05, 0.1) is 11.4 Å². The van der Waals surface area contributed by atoms with Crippen LogP contribution in [0.4, 0.5) is 15.8 Å². The average molecular weight is 338 g/mol. The number of halogens is 1. The molecule has 2 aliphatic rings. The van der Waals surface area contributed by atoms with Crippen LogP contribution < -0.4 is 9.91 Å². The van der Waals surface area contributed by atoms with Crippen LogP contribution in [0.3, 0.4) is 0 Å². The molecule has 2 amide bonds. The highest BCUT2D eigenvalue weighted by atomic mass is 19.1. The van der Waals surface area contributed by atoms with E-state index in [0.717, 1.165) is 21.7 Å². The molecule has 0 aromatic heterocycles. The first-order valence-electron chi connectivity index (χ1n) is 7.87. The van der Waals surface area contributed by atoms with Crippen LogP contribution in [0.1, 0.15) is 11.1 Å². The van der Waals surface area contributed by atoms with Crippen LogP contribution in [-0.4, -0.2) is 23.9 Å². The lowest BCUT2D eigenvalue weighted by molar-refractivity contribution is -0.121. The minimum absolute atomic E-state index is 0.335. The number of fused-ring (bicyclic) bond motifs is 1. The third kappa shape index (κ3) is 2.39. The van der Waals surface area contributed by atoms with E-state index in [2.05, 4.69) is 10.3 Å². The number of carbonyl (C=O) groups excluding carboxylic acids is 2. The van der Waals surface area contributed by atoms with Crippen molar-refractivity contribution in [2.24, 2.45) is 10.3 Å². The largest absolute Gasteiger partial charge is 0.271 e. The van der Waals surface area contributed by atoms with E-state index >= 15 is 0 Å². The van der Waals surface area contributed by atoms with Gasteiger partial charge in [-0.25, -0.2) is 14.3 Å². The zero-order valence-electron chi connectivity index (χ0n) is 13.7. The number of aryl methyl sites for hydroxylation is 2. The normalized spacial score (nSPS) is 22.0. The molecule has 2 atom stereocenters. The molecular weight excluding hydrogens is 323 g/mol. The first-order valence-corrected chi connectivity index (χ1v) is 7.87. The van der Waals surface area contributed by atoms with Gasteiger partial charge in [-0.05, 0) is 61.4 Å². The lowest BCUT2D eigenvalue weighted by Crippen LogP contribution is -2.40. The van der Waals surface area contributed by atoms with Gasteiger partial charge >= 0.3 is 0 Å². The molecule has 6 nitrogen and oxygen atoms in total. The molecule has 2 aromatic carbocycles. The van der Waals surface area contributed by atoms with Gasteiger partial charge in [0.15, 0.2) is 12.1 Å². The Morgan fingerprint density at radius 1 is 0.920 bits per heavy atom. The summed E-state index contributed by atoms with van der Waals surface area (Å²) in [6.07, 6.45) is 0. The van der Waals surface area contributed by atoms with E-state index in [1.807, 2.05) is 32.0 Å². The Kier molecular flexibility index (Phi) is 3.38. The molecule has 0 aliphatic carbocycles. The molecule has 126 valence electrons. The van der Waals surface area contributed by atoms with E-state index in [0.29, 0.717) is 5.69 Å². The summed E-state index contributed by atoms with van der Waals surface area (Å²) in [5.74, 6) is -1.29. The number of hydrogen-bond acceptors (Lipinski definition) is 5. The molecule has 0 N–H and O–H groups in total. The highest BCUT2D eigenvalue weighted by molar-refractivity contribution is 6.26. The number of benzene rings is 2. The van der Waals surface area contributed by atoms with E-state index in [1.165, 1.54) is 29.3 Å². The average Bonchev–Trinajstić information content (AvgIpc) is 3.09. The van der Waals surface area contributed by atoms with Gasteiger partial charge in [-0.2, -0.15) is 5.11 Å². The highest BCUT2D eigenvalue weighted by Crippen LogP contribution is 2.35. The van der Waals surface area contributed by atoms with Gasteiger partial charge in [0.1, 0.15) is 5.82 Å². The molecule has 2 heterocycles. The summed E-state index contributed by atoms with van der Waals surface area (Å²) in [5.41, 5.74) is 3.11. The van der Waals surface area contributed by atoms with Gasteiger partial charge in [-0.15, -0.1) is 0 Å². The topological polar surface area (TPSA) is 65.3 Å². The van der Waals surface area contributed by atoms with Crippen molar-refractivity contribution in [3.05, 3.63) is 59.4 Å². The van der Waals surface area contributed by atoms with Gasteiger partial charge in [0, 0.05) is 0 Å². The van der Waals surface area contributed by atoms with Crippen molar-refractivity contribution in [2.75, 3.05) is 9.91 Å². The molecule has 7 heteroatoms. The number of hydrogen-bond donors (Lipinski definition) is 0. The molecule has 2 aliphatic heterocycles. The monoisotopic (exact) mass is 338 g/mol. The fraction of sp³-hybridized carbons (Fsp3) is 0.222. The molecule has 1 fully saturated rings. The first-order chi connectivity index (χ1) is 12.0. The van der Waals surface area contributed by atoms with Crippen molar-refractivity contribution < 1.29 is 14.0 Å². The summed E-state index contributed by atoms with van der Waals surface area (Å²) < 4.78 is 13.1. The summed E-state index contributed by atoms with van der Waals surface area (Å²) >= 11 is 0. The summed E-state index contributed by atoms with van der Waals surface area (Å²) in [5, 5.41) is 9.54. The minimum atomic E-state index is -0.877. The zero-order valence-corrected chi connectivity index (χ0v) is 13.7. The first kappa shape index (κ1) is 15.4. The predicted octanol–water partition coefficient (Wildman–Crippen LogP) is 2.94. The fourth-order valence-electron chi connectivity index (χ4n) is 3.30. The molecule has 0 radical (unpaired) electrons. The Balaban J connectivity index is 1.71. The Morgan fingerprint density at radius 3 is 2.20 bits per heavy atom. The van der Waals surface area contributed by atoms with E-state index in [9.17, 15) is 14.0 Å². The van der Waals surface area contributed by atoms with Crippen molar-refractivity contribution >= 4 is 23.2 Å². The van der Waals surface area contributed by atoms with Crippen molar-refractivity contribution in [2.45, 2.75) is 25.9 Å². The molecule has 0 unspecified atom stereocenters. The van der Waals surface area contributed by atoms with Crippen LogP contribution in [0.5, 0.6) is 0 Å². The summed E-state index contributed by atoms with van der Waals surface area (Å²) in [6.45, 7) is 3.90. The summed E-state index contributed by atoms with van der Waals surface area (Å²) in [7, 11) is 0. The second-order valence-electron chi connectivity index (χ2n) is 6.27. The molecule has 0 spiro atoms. The Labute approximate surface area is 143 Å². The SMILES string of the molecule is Cc1cc(C)cc(N2N=N[C@H]3C(=O)N(c4ccc(F)cc4)C(=O)[C@@H]32)c1. The smallest absolute Gasteiger partial charge is 0.263 e. The number of imide groups is 1. The van der Waals surface area contributed by atoms with Gasteiger partial charge in [0.25, 0.3) is 11.8 Å². The third-order valence-electron chi connectivity index (χ3n) is 4.34. The van der Waals surface area contributed by atoms with E-state index in [4.69, 9.17) is 0 Å². The molecule has 1 saturated heterocycles. The van der Waals surface area contributed by atoms with Gasteiger partial charge in [-0.3, -0.25) is 9.59 Å². The summed E-state index contributed by atoms with van der Waals surface area (Å²) in [4.78, 5) is 26.6. The van der Waals surface area contributed by atoms with Crippen molar-refractivity contribution in [3.63, 3.8) is 0 Å². The van der Waals surface area contributed by atoms with Crippen LogP contribution in [0.2, 0.25) is 0 Å². The number of anilines is 2. The van der Waals surface area contributed by atoms with Crippen molar-refractivity contribution in [3.8, 4) is 0 Å². The molecular formula is C18H15FN4O2. The van der Waals surface area contributed by atoms with E-state index in [-0.39, 0.29) is 0 Å². The second kappa shape index (κ2) is 5.47. The fourth-order valence-corrected chi connectivity index (χ4v) is 3.30. The van der Waals surface area contributed by atoms with Crippen LogP contribution >= 0.6 is 0 Å². The molecule has 4 rings (SSSR count). The van der Waals surface area contributed by atoms with Crippen molar-refractivity contribution in [1.82, 2.24) is 0 Å². The minimum Gasteiger partial charge on any atom is -0.271 e. The quantitative estimate of drug-likeness (QED) is 0.791. The molecule has 0 saturated carbocycles. The maximum Gasteiger partial charge on any atom is 0.263 e. The third-order valence-corrected chi connectivity index (χ3v) is 4.34. The van der Waals surface area contributed by atoms with Gasteiger partial charge < -0.3 is 0 Å². The number of nitrogens with zero attached hydrogens (tertiary/aromatic N) is 4. The zero-order chi connectivity index (χ0) is 17.7. The molecule has 25 heavy (non-hydrogen) atoms. The van der Waals surface area contributed by atoms with Crippen LogP contribution in [0, 0.1) is 19.7 Å². The lowest BCUT2D eigenvalue weighted by Gasteiger charge is -2.21. The van der Waals surface area contributed by atoms with Crippen molar-refractivity contribution in [1.29, 1.82) is 0 Å². The summed E-state index contributed by atoms with van der Waals surface area (Å²) in [6, 6.07) is 9.37. The standard InChI is InChI=1S/C18H15FN4O2/c1-10-7-11(2)9-14(8-10)23-16-15(20-21-23)17(24)22(18(16)25)13-5-3-12(19)4-6-13/h3-9,15-16H,1-2H3/t15-,16-/m1/s1. The van der Waals surface area contributed by atoms with Crippen LogP contribution in [-0.2, 0) is 9.59 Å². The van der Waals surface area contributed by atoms with E-state index in [1.54, 1.807) is 0 Å². The number of carbonyl (C=O) groups is 2. The van der Waals surface area contributed by atoms with Gasteiger partial charge in [0.2, 0.25) is 0 Å². The van der Waals surface area contributed by atoms with Crippen LogP contribution in [0.25, 0.3) is 0 Å². The van der Waals surface area contributed by atoms with E-state index < -0.39 is 29.7 Å². The van der Waals surface area contributed by atoms with Gasteiger partial charge in [-0.1, -0.05) is 11.3 Å². The lowest BCUT2D eigenvalue weighted by atomic mass is 10.1. The number of amides is 2. The Hall–Kier alpha value is -3.09. The predicted molar refractivity (Wildman–Crippen MR) is 89.7 cm³/mol. The molecule has 0 bridgehead atoms. The maximum absolute atomic E-state index is 13.1.